The molecule has 14 heavy (non-hydrogen) atoms. The minimum absolute atomic E-state index is 0.566. The van der Waals surface area contributed by atoms with Crippen LogP contribution in [0.3, 0.4) is 0 Å². The first-order valence-electron chi connectivity index (χ1n) is 4.56. The molecule has 0 aromatic heterocycles. The molecule has 0 bridgehead atoms. The summed E-state index contributed by atoms with van der Waals surface area (Å²) in [5.41, 5.74) is 4.39. The zero-order valence-corrected chi connectivity index (χ0v) is 9.86. The van der Waals surface area contributed by atoms with Gasteiger partial charge in [0.25, 0.3) is 0 Å². The summed E-state index contributed by atoms with van der Waals surface area (Å²) in [4.78, 5) is 10.3. The van der Waals surface area contributed by atoms with Crippen molar-refractivity contribution < 1.29 is 9.90 Å². The van der Waals surface area contributed by atoms with Crippen LogP contribution in [-0.4, -0.2) is 20.6 Å². The molecule has 0 aliphatic carbocycles. The fraction of sp³-hybridized carbons (Fsp3) is 0.182. The molecule has 0 aliphatic rings. The Kier molecular flexibility index (Phi) is 3.65. The molecule has 1 aromatic rings. The number of aliphatic carboxylic acids is 1. The molecular formula is C11H14O2Si. The van der Waals surface area contributed by atoms with Gasteiger partial charge in [-0.2, -0.15) is 0 Å². The van der Waals surface area contributed by atoms with Gasteiger partial charge in [-0.25, -0.2) is 4.79 Å². The minimum Gasteiger partial charge on any atom is -0.478 e. The maximum absolute atomic E-state index is 10.3. The van der Waals surface area contributed by atoms with Crippen molar-refractivity contribution in [2.45, 2.75) is 13.8 Å². The molecule has 2 nitrogen and oxygen atoms in total. The number of benzene rings is 1. The topological polar surface area (TPSA) is 37.3 Å². The molecule has 3 heteroatoms. The summed E-state index contributed by atoms with van der Waals surface area (Å²) in [5, 5.41) is 9.77. The monoisotopic (exact) mass is 206 g/mol. The third-order valence-electron chi connectivity index (χ3n) is 2.32. The van der Waals surface area contributed by atoms with Gasteiger partial charge in [-0.05, 0) is 25.0 Å². The van der Waals surface area contributed by atoms with Crippen molar-refractivity contribution in [2.75, 3.05) is 0 Å². The molecule has 1 aromatic carbocycles. The van der Waals surface area contributed by atoms with Gasteiger partial charge in [0.15, 0.2) is 0 Å². The molecule has 74 valence electrons. The van der Waals surface area contributed by atoms with Gasteiger partial charge < -0.3 is 5.11 Å². The molecular weight excluding hydrogens is 192 g/mol. The van der Waals surface area contributed by atoms with E-state index in [2.05, 4.69) is 26.0 Å². The molecule has 0 radical (unpaired) electrons. The zero-order chi connectivity index (χ0) is 10.6. The van der Waals surface area contributed by atoms with Gasteiger partial charge in [0, 0.05) is 6.08 Å². The lowest BCUT2D eigenvalue weighted by Crippen LogP contribution is -2.16. The first-order chi connectivity index (χ1) is 6.61. The van der Waals surface area contributed by atoms with E-state index in [0.29, 0.717) is 0 Å². The second-order valence-electron chi connectivity index (χ2n) is 3.30. The van der Waals surface area contributed by atoms with Crippen molar-refractivity contribution in [3.63, 3.8) is 0 Å². The standard InChI is InChI=1S/C11H14O2Si/c1-8-4-3-5-10(9(8)2)14-7-6-11(12)13/h3-7H,14H2,1-2H3,(H,12,13). The number of carbonyl (C=O) groups is 1. The van der Waals surface area contributed by atoms with E-state index in [1.54, 1.807) is 0 Å². The maximum Gasteiger partial charge on any atom is 0.327 e. The lowest BCUT2D eigenvalue weighted by molar-refractivity contribution is -0.131. The number of hydrogen-bond acceptors (Lipinski definition) is 1. The molecule has 0 fully saturated rings. The fourth-order valence-electron chi connectivity index (χ4n) is 1.32. The molecule has 0 spiro atoms. The quantitative estimate of drug-likeness (QED) is 0.584. The van der Waals surface area contributed by atoms with E-state index in [1.165, 1.54) is 22.4 Å². The Morgan fingerprint density at radius 3 is 2.79 bits per heavy atom. The van der Waals surface area contributed by atoms with Gasteiger partial charge in [-0.3, -0.25) is 0 Å². The number of rotatable bonds is 3. The van der Waals surface area contributed by atoms with E-state index in [9.17, 15) is 4.79 Å². The van der Waals surface area contributed by atoms with Gasteiger partial charge >= 0.3 is 5.97 Å². The van der Waals surface area contributed by atoms with Crippen LogP contribution < -0.4 is 5.19 Å². The lowest BCUT2D eigenvalue weighted by Gasteiger charge is -2.04. The highest BCUT2D eigenvalue weighted by atomic mass is 28.2. The number of hydrogen-bond donors (Lipinski definition) is 1. The molecule has 1 N–H and O–H groups in total. The SMILES string of the molecule is Cc1cccc([SiH2]C=CC(=O)O)c1C. The molecule has 0 heterocycles. The first-order valence-corrected chi connectivity index (χ1v) is 6.08. The van der Waals surface area contributed by atoms with E-state index in [1.807, 2.05) is 11.8 Å². The van der Waals surface area contributed by atoms with Crippen LogP contribution >= 0.6 is 0 Å². The highest BCUT2D eigenvalue weighted by Crippen LogP contribution is 2.01. The van der Waals surface area contributed by atoms with E-state index in [4.69, 9.17) is 5.11 Å². The normalized spacial score (nSPS) is 11.6. The Hall–Kier alpha value is -1.35. The third kappa shape index (κ3) is 2.85. The van der Waals surface area contributed by atoms with Crippen LogP contribution in [0.25, 0.3) is 0 Å². The van der Waals surface area contributed by atoms with Crippen molar-refractivity contribution in [2.24, 2.45) is 0 Å². The van der Waals surface area contributed by atoms with Gasteiger partial charge in [0.1, 0.15) is 0 Å². The van der Waals surface area contributed by atoms with Crippen molar-refractivity contribution in [3.8, 4) is 0 Å². The third-order valence-corrected chi connectivity index (χ3v) is 3.99. The minimum atomic E-state index is -0.859. The number of carboxylic acid groups (broad SMARTS) is 1. The summed E-state index contributed by atoms with van der Waals surface area (Å²) in [6, 6.07) is 6.19. The molecule has 0 aliphatic heterocycles. The molecule has 0 saturated heterocycles. The maximum atomic E-state index is 10.3. The Bertz CT molecular complexity index is 370. The van der Waals surface area contributed by atoms with Crippen LogP contribution in [0.2, 0.25) is 0 Å². The predicted molar refractivity (Wildman–Crippen MR) is 60.9 cm³/mol. The summed E-state index contributed by atoms with van der Waals surface area (Å²) in [5.74, 6) is -0.859. The smallest absolute Gasteiger partial charge is 0.327 e. The molecule has 0 atom stereocenters. The average molecular weight is 206 g/mol. The van der Waals surface area contributed by atoms with Crippen LogP contribution in [0.5, 0.6) is 0 Å². The summed E-state index contributed by atoms with van der Waals surface area (Å²) < 4.78 is 0. The van der Waals surface area contributed by atoms with Gasteiger partial charge in [0.2, 0.25) is 0 Å². The lowest BCUT2D eigenvalue weighted by atomic mass is 10.1. The predicted octanol–water partition coefficient (Wildman–Crippen LogP) is 0.696. The van der Waals surface area contributed by atoms with E-state index < -0.39 is 15.5 Å². The number of carboxylic acids is 1. The van der Waals surface area contributed by atoms with E-state index in [0.717, 1.165) is 0 Å². The highest BCUT2D eigenvalue weighted by molar-refractivity contribution is 6.59. The van der Waals surface area contributed by atoms with Crippen LogP contribution in [0.15, 0.2) is 30.0 Å². The van der Waals surface area contributed by atoms with Crippen molar-refractivity contribution in [3.05, 3.63) is 41.1 Å². The van der Waals surface area contributed by atoms with Crippen LogP contribution in [0, 0.1) is 13.8 Å². The average Bonchev–Trinajstić information content (AvgIpc) is 2.12. The summed E-state index contributed by atoms with van der Waals surface area (Å²) in [7, 11) is -0.566. The molecule has 0 unspecified atom stereocenters. The summed E-state index contributed by atoms with van der Waals surface area (Å²) >= 11 is 0. The fourth-order valence-corrected chi connectivity index (χ4v) is 2.75. The van der Waals surface area contributed by atoms with Crippen LogP contribution in [0.1, 0.15) is 11.1 Å². The number of aryl methyl sites for hydroxylation is 1. The van der Waals surface area contributed by atoms with Crippen LogP contribution in [-0.2, 0) is 4.79 Å². The largest absolute Gasteiger partial charge is 0.478 e. The Balaban J connectivity index is 2.77. The Morgan fingerprint density at radius 1 is 1.43 bits per heavy atom. The molecule has 0 saturated carbocycles. The van der Waals surface area contributed by atoms with E-state index in [-0.39, 0.29) is 0 Å². The Morgan fingerprint density at radius 2 is 2.14 bits per heavy atom. The van der Waals surface area contributed by atoms with Crippen molar-refractivity contribution in [1.82, 2.24) is 0 Å². The molecule has 1 rings (SSSR count). The van der Waals surface area contributed by atoms with Crippen LogP contribution in [0.4, 0.5) is 0 Å². The second kappa shape index (κ2) is 4.76. The van der Waals surface area contributed by atoms with Gasteiger partial charge in [-0.1, -0.05) is 29.1 Å². The second-order valence-corrected chi connectivity index (χ2v) is 4.95. The zero-order valence-electron chi connectivity index (χ0n) is 8.45. The summed E-state index contributed by atoms with van der Waals surface area (Å²) in [6.45, 7) is 4.17. The van der Waals surface area contributed by atoms with E-state index >= 15 is 0 Å². The highest BCUT2D eigenvalue weighted by Gasteiger charge is 1.98. The van der Waals surface area contributed by atoms with Crippen molar-refractivity contribution in [1.29, 1.82) is 0 Å². The molecule has 0 amide bonds. The Labute approximate surface area is 86.1 Å². The van der Waals surface area contributed by atoms with Crippen molar-refractivity contribution >= 4 is 20.7 Å². The van der Waals surface area contributed by atoms with Gasteiger partial charge in [0.05, 0.1) is 9.52 Å². The summed E-state index contributed by atoms with van der Waals surface area (Å²) in [6.07, 6.45) is 1.24. The first kappa shape index (κ1) is 10.7. The van der Waals surface area contributed by atoms with Gasteiger partial charge in [-0.15, -0.1) is 0 Å².